The predicted molar refractivity (Wildman–Crippen MR) is 79.5 cm³/mol. The minimum Gasteiger partial charge on any atom is -0.493 e. The summed E-state index contributed by atoms with van der Waals surface area (Å²) in [6, 6.07) is 6.12. The second kappa shape index (κ2) is 4.64. The number of nitrogens with one attached hydrogen (secondary N) is 1. The molecule has 1 aromatic heterocycles. The molecular weight excluding hydrogens is 272 g/mol. The van der Waals surface area contributed by atoms with Crippen LogP contribution in [0.1, 0.15) is 16.8 Å². The number of thioether (sulfide) groups is 1. The number of rotatable bonds is 2. The molecule has 0 spiro atoms. The molecule has 6 heteroatoms. The number of aromatic nitrogens is 2. The van der Waals surface area contributed by atoms with Gasteiger partial charge in [-0.15, -0.1) is 0 Å². The van der Waals surface area contributed by atoms with Crippen molar-refractivity contribution in [1.29, 1.82) is 0 Å². The largest absolute Gasteiger partial charge is 0.493 e. The molecule has 102 valence electrons. The Balaban J connectivity index is 1.82. The van der Waals surface area contributed by atoms with E-state index in [1.54, 1.807) is 0 Å². The number of ether oxygens (including phenoxy) is 1. The topological polar surface area (TPSA) is 73.1 Å². The molecule has 20 heavy (non-hydrogen) atoms. The number of hydrogen-bond donors (Lipinski definition) is 2. The lowest BCUT2D eigenvalue weighted by molar-refractivity contribution is 0.357. The molecule has 0 aliphatic carbocycles. The summed E-state index contributed by atoms with van der Waals surface area (Å²) in [7, 11) is 0. The highest BCUT2D eigenvalue weighted by Crippen LogP contribution is 2.35. The van der Waals surface area contributed by atoms with Crippen molar-refractivity contribution in [3.63, 3.8) is 0 Å². The van der Waals surface area contributed by atoms with E-state index in [0.29, 0.717) is 0 Å². The summed E-state index contributed by atoms with van der Waals surface area (Å²) < 4.78 is 5.53. The molecule has 0 fully saturated rings. The van der Waals surface area contributed by atoms with Gasteiger partial charge in [0.1, 0.15) is 11.6 Å². The predicted octanol–water partition coefficient (Wildman–Crippen LogP) is 2.11. The van der Waals surface area contributed by atoms with Gasteiger partial charge in [0.2, 0.25) is 0 Å². The van der Waals surface area contributed by atoms with E-state index in [1.807, 2.05) is 23.9 Å². The van der Waals surface area contributed by atoms with Crippen LogP contribution in [-0.4, -0.2) is 16.6 Å². The highest BCUT2D eigenvalue weighted by Gasteiger charge is 2.21. The number of hydrogen-bond acceptors (Lipinski definition) is 6. The molecule has 0 radical (unpaired) electrons. The second-order valence-corrected chi connectivity index (χ2v) is 5.86. The van der Waals surface area contributed by atoms with E-state index in [0.717, 1.165) is 58.7 Å². The van der Waals surface area contributed by atoms with Gasteiger partial charge in [-0.25, -0.2) is 15.8 Å². The van der Waals surface area contributed by atoms with Crippen LogP contribution in [0.3, 0.4) is 0 Å². The number of nitrogen functional groups attached to an aromatic ring is 1. The van der Waals surface area contributed by atoms with E-state index in [4.69, 9.17) is 10.6 Å². The average molecular weight is 286 g/mol. The Morgan fingerprint density at radius 3 is 3.10 bits per heavy atom. The molecule has 2 aliphatic rings. The number of nitrogens with two attached hydrogens (primary N) is 1. The van der Waals surface area contributed by atoms with Crippen LogP contribution in [0.4, 0.5) is 5.82 Å². The number of fused-ring (bicyclic) bond motifs is 2. The number of nitrogens with zero attached hydrogens (tertiary/aromatic N) is 2. The summed E-state index contributed by atoms with van der Waals surface area (Å²) in [5, 5.41) is 0. The maximum atomic E-state index is 5.59. The third-order valence-electron chi connectivity index (χ3n) is 3.66. The zero-order valence-electron chi connectivity index (χ0n) is 10.8. The first-order valence-corrected chi connectivity index (χ1v) is 7.71. The van der Waals surface area contributed by atoms with Gasteiger partial charge in [-0.05, 0) is 23.8 Å². The Morgan fingerprint density at radius 1 is 1.25 bits per heavy atom. The van der Waals surface area contributed by atoms with E-state index in [-0.39, 0.29) is 0 Å². The molecule has 0 saturated heterocycles. The lowest BCUT2D eigenvalue weighted by Crippen LogP contribution is -2.12. The molecule has 5 nitrogen and oxygen atoms in total. The van der Waals surface area contributed by atoms with Crippen LogP contribution in [-0.2, 0) is 17.9 Å². The SMILES string of the molecule is NNc1nc(-c2ccc3c(c2)CCO3)nc2c1CSC2. The van der Waals surface area contributed by atoms with Gasteiger partial charge in [0, 0.05) is 29.1 Å². The maximum absolute atomic E-state index is 5.59. The van der Waals surface area contributed by atoms with Gasteiger partial charge < -0.3 is 10.2 Å². The number of anilines is 1. The van der Waals surface area contributed by atoms with Crippen LogP contribution in [0.2, 0.25) is 0 Å². The van der Waals surface area contributed by atoms with Crippen molar-refractivity contribution in [2.45, 2.75) is 17.9 Å². The minimum atomic E-state index is 0.730. The molecule has 3 N–H and O–H groups in total. The smallest absolute Gasteiger partial charge is 0.161 e. The second-order valence-electron chi connectivity index (χ2n) is 4.88. The van der Waals surface area contributed by atoms with Gasteiger partial charge in [0.15, 0.2) is 5.82 Å². The highest BCUT2D eigenvalue weighted by molar-refractivity contribution is 7.98. The van der Waals surface area contributed by atoms with Crippen LogP contribution < -0.4 is 16.0 Å². The molecule has 0 atom stereocenters. The fourth-order valence-electron chi connectivity index (χ4n) is 2.63. The third kappa shape index (κ3) is 1.83. The average Bonchev–Trinajstić information content (AvgIpc) is 3.13. The van der Waals surface area contributed by atoms with Crippen molar-refractivity contribution in [2.24, 2.45) is 5.84 Å². The van der Waals surface area contributed by atoms with Crippen LogP contribution in [0, 0.1) is 0 Å². The van der Waals surface area contributed by atoms with Gasteiger partial charge in [-0.1, -0.05) is 0 Å². The summed E-state index contributed by atoms with van der Waals surface area (Å²) in [5.41, 5.74) is 7.16. The summed E-state index contributed by atoms with van der Waals surface area (Å²) >= 11 is 1.84. The molecule has 1 aromatic carbocycles. The third-order valence-corrected chi connectivity index (χ3v) is 4.63. The molecular formula is C14H14N4OS. The first kappa shape index (κ1) is 12.0. The Bertz CT molecular complexity index is 689. The fourth-order valence-corrected chi connectivity index (χ4v) is 3.67. The molecule has 3 heterocycles. The summed E-state index contributed by atoms with van der Waals surface area (Å²) in [4.78, 5) is 9.25. The standard InChI is InChI=1S/C14H14N4OS/c15-18-14-10-6-20-7-11(10)16-13(17-14)9-1-2-12-8(5-9)3-4-19-12/h1-2,5H,3-4,6-7,15H2,(H,16,17,18). The van der Waals surface area contributed by atoms with Crippen molar-refractivity contribution >= 4 is 17.6 Å². The van der Waals surface area contributed by atoms with Crippen LogP contribution in [0.25, 0.3) is 11.4 Å². The molecule has 2 aliphatic heterocycles. The van der Waals surface area contributed by atoms with E-state index < -0.39 is 0 Å². The molecule has 4 rings (SSSR count). The van der Waals surface area contributed by atoms with Gasteiger partial charge in [0.05, 0.1) is 12.3 Å². The first-order valence-electron chi connectivity index (χ1n) is 6.55. The Kier molecular flexibility index (Phi) is 2.78. The highest BCUT2D eigenvalue weighted by atomic mass is 32.2. The summed E-state index contributed by atoms with van der Waals surface area (Å²) in [5.74, 6) is 9.89. The summed E-state index contributed by atoms with van der Waals surface area (Å²) in [6.07, 6.45) is 0.950. The number of benzene rings is 1. The summed E-state index contributed by atoms with van der Waals surface area (Å²) in [6.45, 7) is 0.760. The van der Waals surface area contributed by atoms with Crippen LogP contribution in [0.15, 0.2) is 18.2 Å². The van der Waals surface area contributed by atoms with E-state index in [1.165, 1.54) is 5.56 Å². The minimum absolute atomic E-state index is 0.730. The monoisotopic (exact) mass is 286 g/mol. The van der Waals surface area contributed by atoms with Crippen molar-refractivity contribution in [2.75, 3.05) is 12.0 Å². The zero-order valence-corrected chi connectivity index (χ0v) is 11.7. The van der Waals surface area contributed by atoms with Gasteiger partial charge in [-0.3, -0.25) is 0 Å². The Hall–Kier alpha value is -1.79. The van der Waals surface area contributed by atoms with Crippen molar-refractivity contribution in [3.05, 3.63) is 35.0 Å². The molecule has 0 bridgehead atoms. The van der Waals surface area contributed by atoms with E-state index >= 15 is 0 Å². The van der Waals surface area contributed by atoms with E-state index in [9.17, 15) is 0 Å². The zero-order chi connectivity index (χ0) is 13.5. The van der Waals surface area contributed by atoms with Gasteiger partial charge in [0.25, 0.3) is 0 Å². The van der Waals surface area contributed by atoms with Crippen molar-refractivity contribution in [3.8, 4) is 17.1 Å². The number of hydrazine groups is 1. The van der Waals surface area contributed by atoms with E-state index in [2.05, 4.69) is 21.5 Å². The maximum Gasteiger partial charge on any atom is 0.161 e. The molecule has 0 unspecified atom stereocenters. The van der Waals surface area contributed by atoms with Gasteiger partial charge >= 0.3 is 0 Å². The Labute approximate surface area is 120 Å². The Morgan fingerprint density at radius 2 is 2.20 bits per heavy atom. The van der Waals surface area contributed by atoms with Crippen LogP contribution >= 0.6 is 11.8 Å². The lowest BCUT2D eigenvalue weighted by atomic mass is 10.1. The van der Waals surface area contributed by atoms with Gasteiger partial charge in [-0.2, -0.15) is 11.8 Å². The molecule has 0 saturated carbocycles. The quantitative estimate of drug-likeness (QED) is 0.650. The fraction of sp³-hybridized carbons (Fsp3) is 0.286. The normalized spacial score (nSPS) is 15.7. The van der Waals surface area contributed by atoms with Crippen molar-refractivity contribution < 1.29 is 4.74 Å². The molecule has 0 amide bonds. The first-order chi connectivity index (χ1) is 9.85. The van der Waals surface area contributed by atoms with Crippen LogP contribution in [0.5, 0.6) is 5.75 Å². The van der Waals surface area contributed by atoms with Crippen molar-refractivity contribution in [1.82, 2.24) is 9.97 Å². The molecule has 2 aromatic rings. The lowest BCUT2D eigenvalue weighted by Gasteiger charge is -2.09.